The van der Waals surface area contributed by atoms with Crippen LogP contribution in [0.1, 0.15) is 12.5 Å². The van der Waals surface area contributed by atoms with E-state index in [2.05, 4.69) is 0 Å². The number of benzene rings is 1. The van der Waals surface area contributed by atoms with Crippen LogP contribution in [0.2, 0.25) is 0 Å². The van der Waals surface area contributed by atoms with Crippen LogP contribution in [-0.2, 0) is 14.6 Å². The van der Waals surface area contributed by atoms with Crippen LogP contribution in [0, 0.1) is 0 Å². The fraction of sp³-hybridized carbons (Fsp3) is 0.182. The highest BCUT2D eigenvalue weighted by atomic mass is 32.2. The molecule has 0 aromatic heterocycles. The van der Waals surface area contributed by atoms with Gasteiger partial charge in [0.25, 0.3) is 0 Å². The zero-order chi connectivity index (χ0) is 12.3. The van der Waals surface area contributed by atoms with Crippen molar-refractivity contribution in [2.75, 3.05) is 6.26 Å². The maximum Gasteiger partial charge on any atom is 0.328 e. The third kappa shape index (κ3) is 3.20. The molecule has 0 aliphatic heterocycles. The lowest BCUT2D eigenvalue weighted by molar-refractivity contribution is -0.131. The maximum atomic E-state index is 11.2. The van der Waals surface area contributed by atoms with E-state index in [1.54, 1.807) is 19.1 Å². The molecule has 1 rings (SSSR count). The van der Waals surface area contributed by atoms with Crippen LogP contribution in [0.3, 0.4) is 0 Å². The minimum Gasteiger partial charge on any atom is -0.478 e. The predicted molar refractivity (Wildman–Crippen MR) is 60.8 cm³/mol. The van der Waals surface area contributed by atoms with Crippen molar-refractivity contribution in [1.82, 2.24) is 0 Å². The van der Waals surface area contributed by atoms with Crippen molar-refractivity contribution in [1.29, 1.82) is 0 Å². The third-order valence-corrected chi connectivity index (χ3v) is 3.21. The second kappa shape index (κ2) is 4.49. The highest BCUT2D eigenvalue weighted by Gasteiger charge is 2.06. The lowest BCUT2D eigenvalue weighted by Gasteiger charge is -2.02. The van der Waals surface area contributed by atoms with Gasteiger partial charge < -0.3 is 5.11 Å². The van der Waals surface area contributed by atoms with Crippen LogP contribution in [0.25, 0.3) is 5.57 Å². The molecule has 0 saturated heterocycles. The molecule has 5 heteroatoms. The molecule has 1 aromatic rings. The Bertz CT molecular complexity index is 524. The van der Waals surface area contributed by atoms with Crippen molar-refractivity contribution >= 4 is 21.4 Å². The molecule has 4 nitrogen and oxygen atoms in total. The van der Waals surface area contributed by atoms with E-state index in [4.69, 9.17) is 5.11 Å². The van der Waals surface area contributed by atoms with E-state index < -0.39 is 15.8 Å². The number of sulfone groups is 1. The van der Waals surface area contributed by atoms with Crippen LogP contribution in [0.4, 0.5) is 0 Å². The number of aliphatic carboxylic acids is 1. The van der Waals surface area contributed by atoms with Crippen LogP contribution in [0.5, 0.6) is 0 Å². The molecule has 0 fully saturated rings. The molecule has 0 spiro atoms. The molecule has 86 valence electrons. The topological polar surface area (TPSA) is 71.4 Å². The van der Waals surface area contributed by atoms with E-state index in [0.29, 0.717) is 11.1 Å². The first-order valence-electron chi connectivity index (χ1n) is 4.52. The molecule has 1 N–H and O–H groups in total. The highest BCUT2D eigenvalue weighted by Crippen LogP contribution is 2.16. The number of allylic oxidation sites excluding steroid dienone is 1. The SMILES string of the molecule is C/C(=C\C(=O)O)c1ccc(S(C)(=O)=O)cc1. The van der Waals surface area contributed by atoms with Gasteiger partial charge in [0, 0.05) is 12.3 Å². The number of rotatable bonds is 3. The van der Waals surface area contributed by atoms with Gasteiger partial charge in [0.2, 0.25) is 0 Å². The lowest BCUT2D eigenvalue weighted by atomic mass is 10.1. The van der Waals surface area contributed by atoms with Gasteiger partial charge in [-0.15, -0.1) is 0 Å². The molecule has 0 atom stereocenters. The van der Waals surface area contributed by atoms with E-state index in [9.17, 15) is 13.2 Å². The zero-order valence-corrected chi connectivity index (χ0v) is 9.78. The largest absolute Gasteiger partial charge is 0.478 e. The summed E-state index contributed by atoms with van der Waals surface area (Å²) in [6.45, 7) is 1.66. The summed E-state index contributed by atoms with van der Waals surface area (Å²) in [6, 6.07) is 6.10. The first-order valence-corrected chi connectivity index (χ1v) is 6.41. The standard InChI is InChI=1S/C11H12O4S/c1-8(7-11(12)13)9-3-5-10(6-4-9)16(2,14)15/h3-7H,1-2H3,(H,12,13)/b8-7+. The van der Waals surface area contributed by atoms with E-state index in [1.807, 2.05) is 0 Å². The molecule has 0 saturated carbocycles. The lowest BCUT2D eigenvalue weighted by Crippen LogP contribution is -1.97. The Morgan fingerprint density at radius 2 is 1.75 bits per heavy atom. The van der Waals surface area contributed by atoms with Gasteiger partial charge in [-0.2, -0.15) is 0 Å². The van der Waals surface area contributed by atoms with Gasteiger partial charge in [0.1, 0.15) is 0 Å². The Morgan fingerprint density at radius 3 is 2.12 bits per heavy atom. The molecule has 1 aromatic carbocycles. The number of hydrogen-bond acceptors (Lipinski definition) is 3. The summed E-state index contributed by atoms with van der Waals surface area (Å²) >= 11 is 0. The van der Waals surface area contributed by atoms with Gasteiger partial charge in [-0.05, 0) is 30.2 Å². The fourth-order valence-electron chi connectivity index (χ4n) is 1.23. The molecule has 0 unspecified atom stereocenters. The second-order valence-electron chi connectivity index (χ2n) is 3.46. The van der Waals surface area contributed by atoms with Crippen molar-refractivity contribution in [3.8, 4) is 0 Å². The summed E-state index contributed by atoms with van der Waals surface area (Å²) in [4.78, 5) is 10.7. The minimum atomic E-state index is -3.20. The molecular weight excluding hydrogens is 228 g/mol. The van der Waals surface area contributed by atoms with Gasteiger partial charge in [-0.3, -0.25) is 0 Å². The Kier molecular flexibility index (Phi) is 3.49. The second-order valence-corrected chi connectivity index (χ2v) is 5.48. The number of carboxylic acid groups (broad SMARTS) is 1. The van der Waals surface area contributed by atoms with Crippen molar-refractivity contribution in [3.05, 3.63) is 35.9 Å². The fourth-order valence-corrected chi connectivity index (χ4v) is 1.86. The summed E-state index contributed by atoms with van der Waals surface area (Å²) in [7, 11) is -3.20. The number of carbonyl (C=O) groups is 1. The Labute approximate surface area is 94.1 Å². The summed E-state index contributed by atoms with van der Waals surface area (Å²) < 4.78 is 22.4. The van der Waals surface area contributed by atoms with E-state index in [-0.39, 0.29) is 4.90 Å². The monoisotopic (exact) mass is 240 g/mol. The first kappa shape index (κ1) is 12.4. The van der Waals surface area contributed by atoms with Crippen molar-refractivity contribution < 1.29 is 18.3 Å². The molecule has 16 heavy (non-hydrogen) atoms. The predicted octanol–water partition coefficient (Wildman–Crippen LogP) is 1.58. The van der Waals surface area contributed by atoms with Crippen LogP contribution in [0.15, 0.2) is 35.2 Å². The van der Waals surface area contributed by atoms with Crippen molar-refractivity contribution in [2.45, 2.75) is 11.8 Å². The van der Waals surface area contributed by atoms with Crippen LogP contribution in [-0.4, -0.2) is 25.7 Å². The molecular formula is C11H12O4S. The van der Waals surface area contributed by atoms with Crippen molar-refractivity contribution in [3.63, 3.8) is 0 Å². The first-order chi connectivity index (χ1) is 7.30. The van der Waals surface area contributed by atoms with Crippen LogP contribution >= 0.6 is 0 Å². The normalized spacial score (nSPS) is 12.5. The Hall–Kier alpha value is -1.62. The molecule has 0 heterocycles. The number of hydrogen-bond donors (Lipinski definition) is 1. The third-order valence-electron chi connectivity index (χ3n) is 2.08. The molecule has 0 amide bonds. The Balaban J connectivity index is 3.10. The average molecular weight is 240 g/mol. The summed E-state index contributed by atoms with van der Waals surface area (Å²) in [5.74, 6) is -1.02. The van der Waals surface area contributed by atoms with E-state index in [1.165, 1.54) is 12.1 Å². The van der Waals surface area contributed by atoms with Gasteiger partial charge in [-0.25, -0.2) is 13.2 Å². The summed E-state index contributed by atoms with van der Waals surface area (Å²) in [5.41, 5.74) is 1.27. The highest BCUT2D eigenvalue weighted by molar-refractivity contribution is 7.90. The Morgan fingerprint density at radius 1 is 1.25 bits per heavy atom. The molecule has 0 aliphatic rings. The van der Waals surface area contributed by atoms with Crippen LogP contribution < -0.4 is 0 Å². The summed E-state index contributed by atoms with van der Waals surface area (Å²) in [6.07, 6.45) is 2.21. The van der Waals surface area contributed by atoms with E-state index in [0.717, 1.165) is 12.3 Å². The molecule has 0 bridgehead atoms. The average Bonchev–Trinajstić information content (AvgIpc) is 2.15. The van der Waals surface area contributed by atoms with Gasteiger partial charge in [0.15, 0.2) is 9.84 Å². The van der Waals surface area contributed by atoms with E-state index >= 15 is 0 Å². The zero-order valence-electron chi connectivity index (χ0n) is 8.97. The van der Waals surface area contributed by atoms with Gasteiger partial charge in [-0.1, -0.05) is 12.1 Å². The molecule has 0 radical (unpaired) electrons. The summed E-state index contributed by atoms with van der Waals surface area (Å²) in [5, 5.41) is 8.56. The van der Waals surface area contributed by atoms with Gasteiger partial charge in [0.05, 0.1) is 4.90 Å². The number of carboxylic acids is 1. The quantitative estimate of drug-likeness (QED) is 0.814. The maximum absolute atomic E-state index is 11.2. The van der Waals surface area contributed by atoms with Crippen molar-refractivity contribution in [2.24, 2.45) is 0 Å². The minimum absolute atomic E-state index is 0.222. The smallest absolute Gasteiger partial charge is 0.328 e. The molecule has 0 aliphatic carbocycles. The van der Waals surface area contributed by atoms with Gasteiger partial charge >= 0.3 is 5.97 Å².